The third-order valence-electron chi connectivity index (χ3n) is 7.16. The Morgan fingerprint density at radius 3 is 2.47 bits per heavy atom. The molecule has 32 heavy (non-hydrogen) atoms. The predicted molar refractivity (Wildman–Crippen MR) is 108 cm³/mol. The van der Waals surface area contributed by atoms with Gasteiger partial charge in [-0.2, -0.15) is 26.3 Å². The SMILES string of the molecule is CC12N=C(C(F)(F)F)C=C(C(O)CNCC3CC4CCN3CC4)C1=CC=CC2C(F)(F)F. The highest BCUT2D eigenvalue weighted by molar-refractivity contribution is 6.02. The van der Waals surface area contributed by atoms with Crippen molar-refractivity contribution in [1.29, 1.82) is 0 Å². The van der Waals surface area contributed by atoms with Crippen LogP contribution in [0.5, 0.6) is 0 Å². The van der Waals surface area contributed by atoms with Gasteiger partial charge in [0.2, 0.25) is 0 Å². The minimum Gasteiger partial charge on any atom is -0.387 e. The van der Waals surface area contributed by atoms with Gasteiger partial charge in [-0.05, 0) is 62.4 Å². The highest BCUT2D eigenvalue weighted by atomic mass is 19.4. The Labute approximate surface area is 182 Å². The van der Waals surface area contributed by atoms with E-state index >= 15 is 0 Å². The molecule has 0 aromatic carbocycles. The van der Waals surface area contributed by atoms with E-state index in [1.807, 2.05) is 0 Å². The number of piperidine rings is 3. The molecule has 0 saturated carbocycles. The molecule has 0 radical (unpaired) electrons. The summed E-state index contributed by atoms with van der Waals surface area (Å²) in [6, 6.07) is 0.305. The summed E-state index contributed by atoms with van der Waals surface area (Å²) in [6.45, 7) is 3.60. The van der Waals surface area contributed by atoms with Gasteiger partial charge in [0.25, 0.3) is 0 Å². The van der Waals surface area contributed by atoms with Crippen LogP contribution in [0.1, 0.15) is 26.2 Å². The number of halogens is 6. The number of hydrogen-bond donors (Lipinski definition) is 2. The minimum absolute atomic E-state index is 0.0369. The molecule has 2 N–H and O–H groups in total. The minimum atomic E-state index is -4.93. The number of aliphatic hydroxyl groups excluding tert-OH is 1. The third-order valence-corrected chi connectivity index (χ3v) is 7.16. The summed E-state index contributed by atoms with van der Waals surface area (Å²) in [5.74, 6) is -1.54. The van der Waals surface area contributed by atoms with Crippen LogP contribution in [-0.4, -0.2) is 71.9 Å². The van der Waals surface area contributed by atoms with Crippen molar-refractivity contribution in [3.8, 4) is 0 Å². The van der Waals surface area contributed by atoms with Gasteiger partial charge in [0.05, 0.1) is 11.6 Å². The Bertz CT molecular complexity index is 851. The number of hydrogen-bond acceptors (Lipinski definition) is 4. The van der Waals surface area contributed by atoms with E-state index < -0.39 is 35.6 Å². The van der Waals surface area contributed by atoms with Gasteiger partial charge in [-0.25, -0.2) is 0 Å². The molecule has 4 heterocycles. The van der Waals surface area contributed by atoms with E-state index in [-0.39, 0.29) is 17.7 Å². The number of alkyl halides is 6. The number of allylic oxidation sites excluding steroid dienone is 3. The van der Waals surface area contributed by atoms with Gasteiger partial charge in [-0.15, -0.1) is 0 Å². The summed E-state index contributed by atoms with van der Waals surface area (Å²) < 4.78 is 81.5. The highest BCUT2D eigenvalue weighted by Crippen LogP contribution is 2.49. The first kappa shape index (κ1) is 23.5. The second-order valence-electron chi connectivity index (χ2n) is 9.27. The second kappa shape index (κ2) is 8.29. The van der Waals surface area contributed by atoms with E-state index in [1.165, 1.54) is 25.0 Å². The van der Waals surface area contributed by atoms with Crippen molar-refractivity contribution < 1.29 is 31.4 Å². The molecule has 0 amide bonds. The van der Waals surface area contributed by atoms with Crippen LogP contribution in [0.15, 0.2) is 40.4 Å². The van der Waals surface area contributed by atoms with Crippen LogP contribution >= 0.6 is 0 Å². The largest absolute Gasteiger partial charge is 0.432 e. The van der Waals surface area contributed by atoms with Crippen molar-refractivity contribution in [2.45, 2.75) is 56.2 Å². The van der Waals surface area contributed by atoms with Gasteiger partial charge < -0.3 is 10.4 Å². The number of aliphatic hydroxyl groups is 1. The topological polar surface area (TPSA) is 47.9 Å². The molecule has 4 atom stereocenters. The van der Waals surface area contributed by atoms with Crippen LogP contribution < -0.4 is 5.32 Å². The molecule has 5 rings (SSSR count). The zero-order valence-corrected chi connectivity index (χ0v) is 17.7. The average molecular weight is 463 g/mol. The summed E-state index contributed by atoms with van der Waals surface area (Å²) in [4.78, 5) is 5.87. The normalized spacial score (nSPS) is 35.7. The maximum absolute atomic E-state index is 13.7. The van der Waals surface area contributed by atoms with Crippen LogP contribution in [0.25, 0.3) is 0 Å². The molecule has 10 heteroatoms. The molecule has 4 nitrogen and oxygen atoms in total. The van der Waals surface area contributed by atoms with E-state index in [9.17, 15) is 31.4 Å². The van der Waals surface area contributed by atoms with E-state index in [0.29, 0.717) is 24.6 Å². The first-order valence-electron chi connectivity index (χ1n) is 10.9. The zero-order chi connectivity index (χ0) is 23.3. The zero-order valence-electron chi connectivity index (χ0n) is 17.7. The van der Waals surface area contributed by atoms with Gasteiger partial charge in [-0.3, -0.25) is 9.89 Å². The maximum Gasteiger partial charge on any atom is 0.432 e. The molecule has 3 fully saturated rings. The highest BCUT2D eigenvalue weighted by Gasteiger charge is 2.56. The van der Waals surface area contributed by atoms with E-state index in [4.69, 9.17) is 0 Å². The molecule has 4 aliphatic heterocycles. The first-order valence-corrected chi connectivity index (χ1v) is 10.9. The molecule has 1 aliphatic carbocycles. The fourth-order valence-electron chi connectivity index (χ4n) is 5.46. The lowest BCUT2D eigenvalue weighted by molar-refractivity contribution is -0.173. The standard InChI is InChI=1S/C22H27F6N3O/c1-20-16(3-2-4-18(20)21(23,24)25)15(10-19(30-20)22(26,27)28)17(32)12-29-11-14-9-13-5-7-31(14)8-6-13/h2-4,10,13-14,17-18,29,32H,5-9,11-12H2,1H3. The molecule has 3 saturated heterocycles. The Hall–Kier alpha value is -1.65. The number of nitrogens with one attached hydrogen (secondary N) is 1. The van der Waals surface area contributed by atoms with Crippen LogP contribution in [-0.2, 0) is 0 Å². The van der Waals surface area contributed by atoms with Gasteiger partial charge in [0, 0.05) is 19.1 Å². The molecular weight excluding hydrogens is 436 g/mol. The van der Waals surface area contributed by atoms with Gasteiger partial charge >= 0.3 is 12.4 Å². The fraction of sp³-hybridized carbons (Fsp3) is 0.682. The Morgan fingerprint density at radius 2 is 1.91 bits per heavy atom. The Balaban J connectivity index is 1.53. The quantitative estimate of drug-likeness (QED) is 0.610. The van der Waals surface area contributed by atoms with E-state index in [1.54, 1.807) is 0 Å². The summed E-state index contributed by atoms with van der Waals surface area (Å²) in [6.07, 6.45) is -3.74. The number of aliphatic imine (C=N–C) groups is 1. The average Bonchev–Trinajstić information content (AvgIpc) is 2.71. The number of nitrogens with zero attached hydrogens (tertiary/aromatic N) is 2. The van der Waals surface area contributed by atoms with Crippen molar-refractivity contribution in [3.63, 3.8) is 0 Å². The lowest BCUT2D eigenvalue weighted by atomic mass is 9.70. The van der Waals surface area contributed by atoms with Gasteiger partial charge in [0.15, 0.2) is 0 Å². The molecule has 2 bridgehead atoms. The van der Waals surface area contributed by atoms with Crippen LogP contribution in [0, 0.1) is 11.8 Å². The van der Waals surface area contributed by atoms with Crippen molar-refractivity contribution >= 4 is 5.71 Å². The van der Waals surface area contributed by atoms with Crippen LogP contribution in [0.2, 0.25) is 0 Å². The Morgan fingerprint density at radius 1 is 1.22 bits per heavy atom. The molecule has 178 valence electrons. The lowest BCUT2D eigenvalue weighted by Crippen LogP contribution is -2.53. The van der Waals surface area contributed by atoms with Crippen molar-refractivity contribution in [1.82, 2.24) is 10.2 Å². The van der Waals surface area contributed by atoms with Crippen molar-refractivity contribution in [2.24, 2.45) is 16.8 Å². The molecule has 0 aromatic heterocycles. The van der Waals surface area contributed by atoms with E-state index in [2.05, 4.69) is 15.2 Å². The maximum atomic E-state index is 13.7. The molecule has 4 unspecified atom stereocenters. The molecule has 0 aromatic rings. The lowest BCUT2D eigenvalue weighted by Gasteiger charge is -2.45. The smallest absolute Gasteiger partial charge is 0.387 e. The molecule has 0 spiro atoms. The number of rotatable bonds is 5. The summed E-state index contributed by atoms with van der Waals surface area (Å²) in [7, 11) is 0. The van der Waals surface area contributed by atoms with Crippen LogP contribution in [0.3, 0.4) is 0 Å². The number of fused-ring (bicyclic) bond motifs is 4. The van der Waals surface area contributed by atoms with Crippen molar-refractivity contribution in [3.05, 3.63) is 35.5 Å². The number of dihydropyridines is 1. The summed E-state index contributed by atoms with van der Waals surface area (Å²) in [5.41, 5.74) is -3.82. The first-order chi connectivity index (χ1) is 14.9. The molecular formula is C22H27F6N3O. The third kappa shape index (κ3) is 4.41. The second-order valence-corrected chi connectivity index (χ2v) is 9.27. The summed E-state index contributed by atoms with van der Waals surface area (Å²) >= 11 is 0. The van der Waals surface area contributed by atoms with Crippen LogP contribution in [0.4, 0.5) is 26.3 Å². The van der Waals surface area contributed by atoms with Gasteiger partial charge in [-0.1, -0.05) is 18.2 Å². The van der Waals surface area contributed by atoms with E-state index in [0.717, 1.165) is 32.5 Å². The monoisotopic (exact) mass is 463 g/mol. The fourth-order valence-corrected chi connectivity index (χ4v) is 5.46. The van der Waals surface area contributed by atoms with Crippen molar-refractivity contribution in [2.75, 3.05) is 26.2 Å². The van der Waals surface area contributed by atoms with Gasteiger partial charge in [0.1, 0.15) is 11.6 Å². The molecule has 5 aliphatic rings. The Kier molecular flexibility index (Phi) is 6.09. The predicted octanol–water partition coefficient (Wildman–Crippen LogP) is 3.80. The summed E-state index contributed by atoms with van der Waals surface area (Å²) in [5, 5.41) is 13.9.